The average Bonchev–Trinajstić information content (AvgIpc) is 3.60. The molecule has 0 bridgehead atoms. The van der Waals surface area contributed by atoms with E-state index in [9.17, 15) is 4.79 Å². The van der Waals surface area contributed by atoms with Crippen molar-refractivity contribution in [1.29, 1.82) is 0 Å². The van der Waals surface area contributed by atoms with Gasteiger partial charge in [-0.3, -0.25) is 4.79 Å². The topological polar surface area (TPSA) is 63.7 Å². The van der Waals surface area contributed by atoms with Gasteiger partial charge in [0.05, 0.1) is 11.1 Å². The van der Waals surface area contributed by atoms with Gasteiger partial charge in [0.15, 0.2) is 6.79 Å². The molecule has 0 spiro atoms. The van der Waals surface area contributed by atoms with Crippen LogP contribution in [0.25, 0.3) is 11.3 Å². The normalized spacial score (nSPS) is 14.0. The molecule has 1 aromatic heterocycles. The summed E-state index contributed by atoms with van der Waals surface area (Å²) >= 11 is 0. The predicted molar refractivity (Wildman–Crippen MR) is 122 cm³/mol. The molecule has 31 heavy (non-hydrogen) atoms. The maximum absolute atomic E-state index is 13.1. The first-order chi connectivity index (χ1) is 15.0. The number of rotatable bonds is 8. The van der Waals surface area contributed by atoms with Gasteiger partial charge in [-0.05, 0) is 54.8 Å². The molecular formula is C25H27N3O3. The van der Waals surface area contributed by atoms with Crippen LogP contribution >= 0.6 is 0 Å². The summed E-state index contributed by atoms with van der Waals surface area (Å²) in [4.78, 5) is 19.8. The number of aromatic nitrogens is 1. The Hall–Kier alpha value is -3.38. The van der Waals surface area contributed by atoms with E-state index in [1.54, 1.807) is 7.11 Å². The number of carbonyl (C=O) groups is 1. The molecule has 1 amide bonds. The van der Waals surface area contributed by atoms with Crippen LogP contribution in [0.4, 0.5) is 11.5 Å². The average molecular weight is 418 g/mol. The molecule has 1 fully saturated rings. The lowest BCUT2D eigenvalue weighted by Gasteiger charge is -2.16. The number of benzene rings is 2. The second kappa shape index (κ2) is 8.78. The fourth-order valence-corrected chi connectivity index (χ4v) is 3.60. The van der Waals surface area contributed by atoms with Crippen LogP contribution in [-0.4, -0.2) is 38.9 Å². The lowest BCUT2D eigenvalue weighted by atomic mass is 9.95. The highest BCUT2D eigenvalue weighted by atomic mass is 16.7. The summed E-state index contributed by atoms with van der Waals surface area (Å²) in [6.07, 6.45) is 1.64. The minimum Gasteiger partial charge on any atom is -0.468 e. The van der Waals surface area contributed by atoms with Gasteiger partial charge in [0, 0.05) is 32.5 Å². The number of hydrogen-bond donors (Lipinski definition) is 1. The largest absolute Gasteiger partial charge is 0.468 e. The van der Waals surface area contributed by atoms with Crippen LogP contribution in [0, 0.1) is 0 Å². The summed E-state index contributed by atoms with van der Waals surface area (Å²) in [5.41, 5.74) is 3.46. The second-order valence-corrected chi connectivity index (χ2v) is 7.96. The zero-order chi connectivity index (χ0) is 21.8. The second-order valence-electron chi connectivity index (χ2n) is 7.96. The van der Waals surface area contributed by atoms with E-state index in [4.69, 9.17) is 9.47 Å². The van der Waals surface area contributed by atoms with Gasteiger partial charge in [0.25, 0.3) is 0 Å². The number of anilines is 2. The number of nitrogens with zero attached hydrogens (tertiary/aromatic N) is 2. The van der Waals surface area contributed by atoms with Crippen molar-refractivity contribution < 1.29 is 14.3 Å². The van der Waals surface area contributed by atoms with Crippen LogP contribution in [0.3, 0.4) is 0 Å². The third-order valence-electron chi connectivity index (χ3n) is 5.61. The third kappa shape index (κ3) is 4.54. The fraction of sp³-hybridized carbons (Fsp3) is 0.280. The first kappa shape index (κ1) is 20.9. The molecule has 0 radical (unpaired) electrons. The highest BCUT2D eigenvalue weighted by molar-refractivity contribution is 6.01. The van der Waals surface area contributed by atoms with Crippen molar-refractivity contribution in [3.8, 4) is 17.0 Å². The van der Waals surface area contributed by atoms with Gasteiger partial charge in [-0.15, -0.1) is 0 Å². The number of amides is 1. The highest BCUT2D eigenvalue weighted by Gasteiger charge is 2.51. The molecular weight excluding hydrogens is 390 g/mol. The molecule has 1 aliphatic rings. The van der Waals surface area contributed by atoms with Crippen molar-refractivity contribution in [3.63, 3.8) is 0 Å². The number of hydrogen-bond acceptors (Lipinski definition) is 5. The molecule has 1 saturated carbocycles. The first-order valence-corrected chi connectivity index (χ1v) is 10.3. The van der Waals surface area contributed by atoms with Gasteiger partial charge in [-0.1, -0.05) is 30.3 Å². The molecule has 1 heterocycles. The molecule has 160 valence electrons. The van der Waals surface area contributed by atoms with Crippen molar-refractivity contribution >= 4 is 17.4 Å². The summed E-state index contributed by atoms with van der Waals surface area (Å²) in [6, 6.07) is 21.5. The molecule has 6 nitrogen and oxygen atoms in total. The van der Waals surface area contributed by atoms with Crippen LogP contribution in [0.15, 0.2) is 66.7 Å². The number of methoxy groups -OCH3 is 1. The molecule has 1 aliphatic carbocycles. The van der Waals surface area contributed by atoms with Gasteiger partial charge in [-0.2, -0.15) is 0 Å². The molecule has 0 unspecified atom stereocenters. The summed E-state index contributed by atoms with van der Waals surface area (Å²) in [6.45, 7) is 0.199. The minimum atomic E-state index is -0.495. The first-order valence-electron chi connectivity index (χ1n) is 10.3. The van der Waals surface area contributed by atoms with E-state index >= 15 is 0 Å². The Kier molecular flexibility index (Phi) is 5.91. The lowest BCUT2D eigenvalue weighted by molar-refractivity contribution is -0.118. The maximum Gasteiger partial charge on any atom is 0.236 e. The van der Waals surface area contributed by atoms with E-state index in [1.807, 2.05) is 68.7 Å². The molecule has 2 aromatic carbocycles. The molecule has 1 N–H and O–H groups in total. The van der Waals surface area contributed by atoms with E-state index in [0.717, 1.165) is 41.1 Å². The molecule has 0 saturated heterocycles. The van der Waals surface area contributed by atoms with Gasteiger partial charge >= 0.3 is 0 Å². The standard InChI is InChI=1S/C25H27N3O3/c1-28(2)20-11-7-18(8-12-20)22-5-4-6-23(26-22)27-24(29)25(15-16-25)19-9-13-21(14-10-19)31-17-30-3/h4-14H,15-17H2,1-3H3,(H,26,27,29). The van der Waals surface area contributed by atoms with Crippen molar-refractivity contribution in [2.45, 2.75) is 18.3 Å². The summed E-state index contributed by atoms with van der Waals surface area (Å²) in [7, 11) is 5.61. The SMILES string of the molecule is COCOc1ccc(C2(C(=O)Nc3cccc(-c4ccc(N(C)C)cc4)n3)CC2)cc1. The number of carbonyl (C=O) groups excluding carboxylic acids is 1. The van der Waals surface area contributed by atoms with Crippen LogP contribution in [0.1, 0.15) is 18.4 Å². The number of ether oxygens (including phenoxy) is 2. The summed E-state index contributed by atoms with van der Waals surface area (Å²) in [5, 5.41) is 3.02. The Balaban J connectivity index is 1.48. The molecule has 3 aromatic rings. The van der Waals surface area contributed by atoms with E-state index < -0.39 is 5.41 Å². The monoisotopic (exact) mass is 417 g/mol. The van der Waals surface area contributed by atoms with Crippen molar-refractivity contribution in [2.75, 3.05) is 38.2 Å². The zero-order valence-corrected chi connectivity index (χ0v) is 18.1. The predicted octanol–water partition coefficient (Wildman–Crippen LogP) is 4.47. The van der Waals surface area contributed by atoms with Crippen molar-refractivity contribution in [3.05, 3.63) is 72.3 Å². The Morgan fingerprint density at radius 1 is 1.03 bits per heavy atom. The molecule has 0 atom stereocenters. The Labute approximate surface area is 182 Å². The van der Waals surface area contributed by atoms with E-state index in [0.29, 0.717) is 5.82 Å². The van der Waals surface area contributed by atoms with Crippen LogP contribution in [-0.2, 0) is 14.9 Å². The summed E-state index contributed by atoms with van der Waals surface area (Å²) in [5.74, 6) is 1.26. The molecule has 0 aliphatic heterocycles. The van der Waals surface area contributed by atoms with E-state index in [-0.39, 0.29) is 12.7 Å². The van der Waals surface area contributed by atoms with Crippen LogP contribution in [0.5, 0.6) is 5.75 Å². The van der Waals surface area contributed by atoms with Gasteiger partial charge in [-0.25, -0.2) is 4.98 Å². The van der Waals surface area contributed by atoms with E-state index in [1.165, 1.54) is 0 Å². The fourth-order valence-electron chi connectivity index (χ4n) is 3.60. The Morgan fingerprint density at radius 2 is 1.74 bits per heavy atom. The summed E-state index contributed by atoms with van der Waals surface area (Å²) < 4.78 is 10.4. The minimum absolute atomic E-state index is 0.0225. The zero-order valence-electron chi connectivity index (χ0n) is 18.1. The Bertz CT molecular complexity index is 1040. The third-order valence-corrected chi connectivity index (χ3v) is 5.61. The van der Waals surface area contributed by atoms with Crippen molar-refractivity contribution in [2.24, 2.45) is 0 Å². The number of nitrogens with one attached hydrogen (secondary N) is 1. The molecule has 6 heteroatoms. The lowest BCUT2D eigenvalue weighted by Crippen LogP contribution is -2.28. The van der Waals surface area contributed by atoms with E-state index in [2.05, 4.69) is 27.3 Å². The van der Waals surface area contributed by atoms with Gasteiger partial charge < -0.3 is 19.7 Å². The van der Waals surface area contributed by atoms with Crippen LogP contribution < -0.4 is 15.0 Å². The quantitative estimate of drug-likeness (QED) is 0.548. The Morgan fingerprint density at radius 3 is 2.35 bits per heavy atom. The van der Waals surface area contributed by atoms with Gasteiger partial charge in [0.2, 0.25) is 5.91 Å². The van der Waals surface area contributed by atoms with Gasteiger partial charge in [0.1, 0.15) is 11.6 Å². The highest BCUT2D eigenvalue weighted by Crippen LogP contribution is 2.49. The number of pyridine rings is 1. The molecule has 4 rings (SSSR count). The van der Waals surface area contributed by atoms with Crippen molar-refractivity contribution in [1.82, 2.24) is 4.98 Å². The van der Waals surface area contributed by atoms with Crippen LogP contribution in [0.2, 0.25) is 0 Å². The maximum atomic E-state index is 13.1. The smallest absolute Gasteiger partial charge is 0.236 e.